The van der Waals surface area contributed by atoms with Gasteiger partial charge in [-0.15, -0.1) is 0 Å². The van der Waals surface area contributed by atoms with Crippen LogP contribution < -0.4 is 4.90 Å². The molecule has 166 valence electrons. The fourth-order valence-corrected chi connectivity index (χ4v) is 4.90. The first-order chi connectivity index (χ1) is 15.6. The van der Waals surface area contributed by atoms with Crippen LogP contribution >= 0.6 is 11.8 Å². The number of anilines is 1. The summed E-state index contributed by atoms with van der Waals surface area (Å²) in [6, 6.07) is 11.6. The third-order valence-electron chi connectivity index (χ3n) is 5.86. The zero-order valence-corrected chi connectivity index (χ0v) is 18.3. The molecular formula is C23H23N3O5S. The molecule has 5 rings (SSSR count). The summed E-state index contributed by atoms with van der Waals surface area (Å²) in [5.41, 5.74) is 2.34. The van der Waals surface area contributed by atoms with Crippen LogP contribution in [0.4, 0.5) is 10.7 Å². The predicted molar refractivity (Wildman–Crippen MR) is 120 cm³/mol. The molecule has 0 aliphatic carbocycles. The van der Waals surface area contributed by atoms with Gasteiger partial charge in [-0.2, -0.15) is 0 Å². The van der Waals surface area contributed by atoms with E-state index in [4.69, 9.17) is 9.15 Å². The summed E-state index contributed by atoms with van der Waals surface area (Å²) in [6.07, 6.45) is 2.34. The molecule has 9 heteroatoms. The van der Waals surface area contributed by atoms with E-state index in [-0.39, 0.29) is 17.4 Å². The molecule has 4 heterocycles. The maximum Gasteiger partial charge on any atom is 0.294 e. The summed E-state index contributed by atoms with van der Waals surface area (Å²) in [5, 5.41) is -0.438. The summed E-state index contributed by atoms with van der Waals surface area (Å²) < 4.78 is 11.2. The normalized spacial score (nSPS) is 20.2. The van der Waals surface area contributed by atoms with Crippen LogP contribution in [0.15, 0.2) is 45.7 Å². The number of ether oxygens (including phenoxy) is 1. The van der Waals surface area contributed by atoms with Crippen molar-refractivity contribution in [2.45, 2.75) is 13.0 Å². The van der Waals surface area contributed by atoms with Gasteiger partial charge in [0.1, 0.15) is 12.3 Å². The Labute approximate surface area is 189 Å². The fraction of sp³-hybridized carbons (Fsp3) is 0.348. The number of thioether (sulfide) groups is 1. The first kappa shape index (κ1) is 20.8. The smallest absolute Gasteiger partial charge is 0.294 e. The number of furan rings is 1. The monoisotopic (exact) mass is 453 g/mol. The molecule has 0 bridgehead atoms. The van der Waals surface area contributed by atoms with E-state index in [2.05, 4.69) is 11.0 Å². The minimum absolute atomic E-state index is 0.226. The van der Waals surface area contributed by atoms with Gasteiger partial charge in [0.2, 0.25) is 5.91 Å². The number of nitrogens with zero attached hydrogens (tertiary/aromatic N) is 3. The van der Waals surface area contributed by atoms with Crippen LogP contribution in [0.2, 0.25) is 0 Å². The third-order valence-corrected chi connectivity index (χ3v) is 6.77. The highest BCUT2D eigenvalue weighted by Gasteiger charge is 2.37. The number of rotatable bonds is 4. The Kier molecular flexibility index (Phi) is 5.75. The molecule has 2 fully saturated rings. The molecule has 0 unspecified atom stereocenters. The number of hydrogen-bond acceptors (Lipinski definition) is 7. The van der Waals surface area contributed by atoms with Crippen LogP contribution in [0.25, 0.3) is 6.08 Å². The summed E-state index contributed by atoms with van der Waals surface area (Å²) in [4.78, 5) is 43.1. The van der Waals surface area contributed by atoms with Crippen LogP contribution in [0.3, 0.4) is 0 Å². The van der Waals surface area contributed by atoms with Crippen LogP contribution in [-0.2, 0) is 27.3 Å². The standard InChI is InChI=1S/C23H23N3O5S/c27-20(25-8-7-16-3-1-2-4-17(16)14-25)15-26-22(28)19(32-23(26)29)13-18-5-6-21(31-18)24-9-11-30-12-10-24/h1-6,13H,7-12,14-15H2. The van der Waals surface area contributed by atoms with Crippen LogP contribution in [-0.4, -0.2) is 66.2 Å². The van der Waals surface area contributed by atoms with Gasteiger partial charge < -0.3 is 19.0 Å². The van der Waals surface area contributed by atoms with Crippen molar-refractivity contribution in [3.05, 3.63) is 58.2 Å². The first-order valence-corrected chi connectivity index (χ1v) is 11.4. The van der Waals surface area contributed by atoms with Gasteiger partial charge in [0.15, 0.2) is 5.88 Å². The summed E-state index contributed by atoms with van der Waals surface area (Å²) in [5.74, 6) is 0.515. The molecule has 0 atom stereocenters. The molecule has 8 nitrogen and oxygen atoms in total. The molecular weight excluding hydrogens is 430 g/mol. The van der Waals surface area contributed by atoms with Crippen molar-refractivity contribution in [3.63, 3.8) is 0 Å². The average molecular weight is 454 g/mol. The summed E-state index contributed by atoms with van der Waals surface area (Å²) >= 11 is 0.833. The van der Waals surface area contributed by atoms with Gasteiger partial charge in [-0.3, -0.25) is 19.3 Å². The van der Waals surface area contributed by atoms with Crippen molar-refractivity contribution in [1.29, 1.82) is 0 Å². The number of morpholine rings is 1. The Morgan fingerprint density at radius 2 is 1.81 bits per heavy atom. The molecule has 3 amide bonds. The summed E-state index contributed by atoms with van der Waals surface area (Å²) in [6.45, 7) is 3.61. The van der Waals surface area contributed by atoms with E-state index >= 15 is 0 Å². The Morgan fingerprint density at radius 3 is 2.62 bits per heavy atom. The lowest BCUT2D eigenvalue weighted by Gasteiger charge is -2.29. The maximum atomic E-state index is 12.8. The Morgan fingerprint density at radius 1 is 1.03 bits per heavy atom. The van der Waals surface area contributed by atoms with Crippen molar-refractivity contribution >= 4 is 40.8 Å². The van der Waals surface area contributed by atoms with E-state index in [1.165, 1.54) is 5.56 Å². The average Bonchev–Trinajstić information content (AvgIpc) is 3.39. The fourth-order valence-electron chi connectivity index (χ4n) is 4.08. The van der Waals surface area contributed by atoms with Crippen molar-refractivity contribution in [3.8, 4) is 0 Å². The molecule has 0 radical (unpaired) electrons. The quantitative estimate of drug-likeness (QED) is 0.659. The minimum Gasteiger partial charge on any atom is -0.441 e. The molecule has 0 spiro atoms. The predicted octanol–water partition coefficient (Wildman–Crippen LogP) is 2.74. The highest BCUT2D eigenvalue weighted by molar-refractivity contribution is 8.18. The molecule has 3 aliphatic rings. The Bertz CT molecular complexity index is 1090. The highest BCUT2D eigenvalue weighted by atomic mass is 32.2. The van der Waals surface area contributed by atoms with Gasteiger partial charge in [0.05, 0.1) is 18.1 Å². The van der Waals surface area contributed by atoms with Crippen molar-refractivity contribution in [2.75, 3.05) is 44.3 Å². The molecule has 1 aromatic heterocycles. The molecule has 1 aromatic carbocycles. The molecule has 0 saturated carbocycles. The summed E-state index contributed by atoms with van der Waals surface area (Å²) in [7, 11) is 0. The topological polar surface area (TPSA) is 83.3 Å². The second-order valence-electron chi connectivity index (χ2n) is 7.88. The number of amides is 3. The maximum absolute atomic E-state index is 12.8. The Hall–Kier alpha value is -3.04. The Balaban J connectivity index is 1.24. The molecule has 0 N–H and O–H groups in total. The lowest BCUT2D eigenvalue weighted by atomic mass is 10.00. The number of benzene rings is 1. The molecule has 2 aromatic rings. The number of carbonyl (C=O) groups is 3. The SMILES string of the molecule is O=C(CN1C(=O)SC(=Cc2ccc(N3CCOCC3)o2)C1=O)N1CCc2ccccc2C1. The molecule has 3 aliphatic heterocycles. The molecule has 32 heavy (non-hydrogen) atoms. The zero-order valence-electron chi connectivity index (χ0n) is 17.5. The second kappa shape index (κ2) is 8.84. The van der Waals surface area contributed by atoms with Gasteiger partial charge in [-0.25, -0.2) is 0 Å². The van der Waals surface area contributed by atoms with E-state index in [9.17, 15) is 14.4 Å². The van der Waals surface area contributed by atoms with Crippen molar-refractivity contribution in [2.24, 2.45) is 0 Å². The van der Waals surface area contributed by atoms with Crippen molar-refractivity contribution in [1.82, 2.24) is 9.80 Å². The highest BCUT2D eigenvalue weighted by Crippen LogP contribution is 2.33. The van der Waals surface area contributed by atoms with Gasteiger partial charge >= 0.3 is 0 Å². The zero-order chi connectivity index (χ0) is 22.1. The number of imide groups is 1. The van der Waals surface area contributed by atoms with Gasteiger partial charge in [-0.1, -0.05) is 24.3 Å². The van der Waals surface area contributed by atoms with Crippen LogP contribution in [0.5, 0.6) is 0 Å². The third kappa shape index (κ3) is 4.18. The molecule has 2 saturated heterocycles. The van der Waals surface area contributed by atoms with Crippen LogP contribution in [0, 0.1) is 0 Å². The van der Waals surface area contributed by atoms with Crippen molar-refractivity contribution < 1.29 is 23.5 Å². The first-order valence-electron chi connectivity index (χ1n) is 10.6. The lowest BCUT2D eigenvalue weighted by molar-refractivity contribution is -0.136. The largest absolute Gasteiger partial charge is 0.441 e. The van der Waals surface area contributed by atoms with E-state index in [0.717, 1.165) is 41.7 Å². The number of fused-ring (bicyclic) bond motifs is 1. The second-order valence-corrected chi connectivity index (χ2v) is 8.87. The van der Waals surface area contributed by atoms with E-state index in [0.29, 0.717) is 37.9 Å². The van der Waals surface area contributed by atoms with E-state index < -0.39 is 11.1 Å². The van der Waals surface area contributed by atoms with Gasteiger partial charge in [0, 0.05) is 38.3 Å². The number of carbonyl (C=O) groups excluding carboxylic acids is 3. The lowest BCUT2D eigenvalue weighted by Crippen LogP contribution is -2.44. The minimum atomic E-state index is -0.463. The van der Waals surface area contributed by atoms with E-state index in [1.54, 1.807) is 17.0 Å². The van der Waals surface area contributed by atoms with E-state index in [1.807, 2.05) is 24.3 Å². The van der Waals surface area contributed by atoms with Gasteiger partial charge in [0.25, 0.3) is 11.1 Å². The van der Waals surface area contributed by atoms with Crippen LogP contribution in [0.1, 0.15) is 16.9 Å². The van der Waals surface area contributed by atoms with Gasteiger partial charge in [-0.05, 0) is 35.4 Å². The number of hydrogen-bond donors (Lipinski definition) is 0.